The summed E-state index contributed by atoms with van der Waals surface area (Å²) in [6, 6.07) is 5.92. The summed E-state index contributed by atoms with van der Waals surface area (Å²) in [5.41, 5.74) is 0.751. The number of carbonyl (C=O) groups excluding carboxylic acids is 1. The van der Waals surface area contributed by atoms with Crippen molar-refractivity contribution in [2.45, 2.75) is 34.2 Å². The van der Waals surface area contributed by atoms with Crippen LogP contribution in [-0.4, -0.2) is 81.7 Å². The molecule has 1 aromatic rings. The molecule has 1 amide bonds. The van der Waals surface area contributed by atoms with Gasteiger partial charge in [-0.05, 0) is 25.1 Å². The fourth-order valence-electron chi connectivity index (χ4n) is 3.39. The van der Waals surface area contributed by atoms with Crippen molar-refractivity contribution in [1.82, 2.24) is 20.4 Å². The Morgan fingerprint density at radius 2 is 1.78 bits per heavy atom. The van der Waals surface area contributed by atoms with E-state index in [-0.39, 0.29) is 35.3 Å². The molecule has 9 heteroatoms. The van der Waals surface area contributed by atoms with E-state index in [1.54, 1.807) is 14.2 Å². The molecule has 2 rings (SSSR count). The first-order valence-electron chi connectivity index (χ1n) is 11.0. The van der Waals surface area contributed by atoms with Gasteiger partial charge in [-0.15, -0.1) is 24.0 Å². The second-order valence-electron chi connectivity index (χ2n) is 8.68. The zero-order chi connectivity index (χ0) is 22.9. The van der Waals surface area contributed by atoms with E-state index in [9.17, 15) is 4.79 Å². The first-order chi connectivity index (χ1) is 14.8. The Bertz CT molecular complexity index is 744. The van der Waals surface area contributed by atoms with Gasteiger partial charge in [0, 0.05) is 56.8 Å². The summed E-state index contributed by atoms with van der Waals surface area (Å²) in [5, 5.41) is 6.33. The van der Waals surface area contributed by atoms with Gasteiger partial charge in [-0.3, -0.25) is 14.7 Å². The molecule has 0 unspecified atom stereocenters. The molecular formula is C23H40IN5O3. The monoisotopic (exact) mass is 561 g/mol. The van der Waals surface area contributed by atoms with Gasteiger partial charge in [-0.1, -0.05) is 20.8 Å². The van der Waals surface area contributed by atoms with Gasteiger partial charge in [-0.25, -0.2) is 0 Å². The molecule has 1 saturated heterocycles. The second kappa shape index (κ2) is 13.7. The summed E-state index contributed by atoms with van der Waals surface area (Å²) in [5.74, 6) is 2.69. The molecule has 2 N–H and O–H groups in total. The number of hydrogen-bond donors (Lipinski definition) is 2. The van der Waals surface area contributed by atoms with Crippen molar-refractivity contribution in [3.05, 3.63) is 23.8 Å². The molecule has 0 spiro atoms. The Morgan fingerprint density at radius 3 is 2.34 bits per heavy atom. The zero-order valence-corrected chi connectivity index (χ0v) is 22.7. The van der Waals surface area contributed by atoms with Crippen LogP contribution < -0.4 is 20.1 Å². The first-order valence-corrected chi connectivity index (χ1v) is 11.0. The van der Waals surface area contributed by atoms with E-state index in [2.05, 4.69) is 27.4 Å². The predicted octanol–water partition coefficient (Wildman–Crippen LogP) is 2.57. The highest BCUT2D eigenvalue weighted by Gasteiger charge is 2.22. The van der Waals surface area contributed by atoms with Crippen molar-refractivity contribution in [3.63, 3.8) is 0 Å². The standard InChI is InChI=1S/C23H39N5O3.HI/c1-7-24-22(26-11-10-25-21(29)23(2,3)4)28-14-12-27(13-15-28)17-18-16-19(30-5)8-9-20(18)31-6;/h8-9,16H,7,10-15,17H2,1-6H3,(H,24,26)(H,25,29);1H. The highest BCUT2D eigenvalue weighted by Crippen LogP contribution is 2.25. The van der Waals surface area contributed by atoms with Crippen LogP contribution in [0.3, 0.4) is 0 Å². The third kappa shape index (κ3) is 8.65. The van der Waals surface area contributed by atoms with Crippen LogP contribution in [0, 0.1) is 5.41 Å². The van der Waals surface area contributed by atoms with Gasteiger partial charge in [0.15, 0.2) is 5.96 Å². The minimum atomic E-state index is -0.379. The Labute approximate surface area is 210 Å². The largest absolute Gasteiger partial charge is 0.497 e. The smallest absolute Gasteiger partial charge is 0.225 e. The minimum Gasteiger partial charge on any atom is -0.497 e. The highest BCUT2D eigenvalue weighted by molar-refractivity contribution is 14.0. The van der Waals surface area contributed by atoms with Crippen LogP contribution >= 0.6 is 24.0 Å². The molecular weight excluding hydrogens is 521 g/mol. The zero-order valence-electron chi connectivity index (χ0n) is 20.4. The van der Waals surface area contributed by atoms with E-state index in [4.69, 9.17) is 14.5 Å². The van der Waals surface area contributed by atoms with Gasteiger partial charge < -0.3 is 25.0 Å². The Morgan fingerprint density at radius 1 is 1.09 bits per heavy atom. The molecule has 182 valence electrons. The summed E-state index contributed by atoms with van der Waals surface area (Å²) < 4.78 is 10.9. The molecule has 0 saturated carbocycles. The molecule has 0 radical (unpaired) electrons. The van der Waals surface area contributed by atoms with Crippen LogP contribution in [0.5, 0.6) is 11.5 Å². The summed E-state index contributed by atoms with van der Waals surface area (Å²) in [6.07, 6.45) is 0. The average Bonchev–Trinajstić information content (AvgIpc) is 2.75. The lowest BCUT2D eigenvalue weighted by molar-refractivity contribution is -0.128. The highest BCUT2D eigenvalue weighted by atomic mass is 127. The molecule has 32 heavy (non-hydrogen) atoms. The molecule has 1 aromatic carbocycles. The van der Waals surface area contributed by atoms with Crippen molar-refractivity contribution < 1.29 is 14.3 Å². The summed E-state index contributed by atoms with van der Waals surface area (Å²) in [7, 11) is 3.38. The Kier molecular flexibility index (Phi) is 12.1. The fraction of sp³-hybridized carbons (Fsp3) is 0.652. The topological polar surface area (TPSA) is 78.4 Å². The van der Waals surface area contributed by atoms with Gasteiger partial charge in [0.05, 0.1) is 20.8 Å². The normalized spacial score (nSPS) is 15.1. The second-order valence-corrected chi connectivity index (χ2v) is 8.68. The van der Waals surface area contributed by atoms with Gasteiger partial charge >= 0.3 is 0 Å². The molecule has 1 heterocycles. The molecule has 1 aliphatic rings. The lowest BCUT2D eigenvalue weighted by Gasteiger charge is -2.36. The van der Waals surface area contributed by atoms with E-state index < -0.39 is 0 Å². The number of rotatable bonds is 8. The maximum absolute atomic E-state index is 12.0. The number of methoxy groups -OCH3 is 2. The van der Waals surface area contributed by atoms with Gasteiger partial charge in [-0.2, -0.15) is 0 Å². The van der Waals surface area contributed by atoms with Crippen LogP contribution in [-0.2, 0) is 11.3 Å². The number of nitrogens with zero attached hydrogens (tertiary/aromatic N) is 3. The molecule has 1 aliphatic heterocycles. The molecule has 8 nitrogen and oxygen atoms in total. The number of piperazine rings is 1. The predicted molar refractivity (Wildman–Crippen MR) is 140 cm³/mol. The van der Waals surface area contributed by atoms with E-state index in [1.165, 1.54) is 0 Å². The van der Waals surface area contributed by atoms with E-state index in [0.717, 1.165) is 62.3 Å². The van der Waals surface area contributed by atoms with Crippen LogP contribution in [0.2, 0.25) is 0 Å². The van der Waals surface area contributed by atoms with Crippen molar-refractivity contribution in [2.24, 2.45) is 10.4 Å². The molecule has 0 bridgehead atoms. The van der Waals surface area contributed by atoms with E-state index in [0.29, 0.717) is 13.1 Å². The number of hydrogen-bond acceptors (Lipinski definition) is 5. The molecule has 1 fully saturated rings. The van der Waals surface area contributed by atoms with Crippen molar-refractivity contribution >= 4 is 35.8 Å². The first kappa shape index (κ1) is 28.3. The number of aliphatic imine (C=N–C) groups is 1. The number of benzene rings is 1. The Hall–Kier alpha value is -1.75. The number of ether oxygens (including phenoxy) is 2. The van der Waals surface area contributed by atoms with E-state index in [1.807, 2.05) is 39.0 Å². The number of halogens is 1. The number of carbonyl (C=O) groups is 1. The summed E-state index contributed by atoms with van der Waals surface area (Å²) >= 11 is 0. The lowest BCUT2D eigenvalue weighted by Crippen LogP contribution is -2.52. The quantitative estimate of drug-likeness (QED) is 0.220. The van der Waals surface area contributed by atoms with Crippen LogP contribution in [0.25, 0.3) is 0 Å². The van der Waals surface area contributed by atoms with E-state index >= 15 is 0 Å². The summed E-state index contributed by atoms with van der Waals surface area (Å²) in [6.45, 7) is 14.2. The lowest BCUT2D eigenvalue weighted by atomic mass is 9.96. The van der Waals surface area contributed by atoms with Crippen LogP contribution in [0.15, 0.2) is 23.2 Å². The van der Waals surface area contributed by atoms with Crippen molar-refractivity contribution in [1.29, 1.82) is 0 Å². The van der Waals surface area contributed by atoms with Crippen molar-refractivity contribution in [2.75, 3.05) is 60.0 Å². The third-order valence-corrected chi connectivity index (χ3v) is 5.23. The summed E-state index contributed by atoms with van der Waals surface area (Å²) in [4.78, 5) is 21.4. The third-order valence-electron chi connectivity index (χ3n) is 5.23. The fourth-order valence-corrected chi connectivity index (χ4v) is 3.39. The maximum Gasteiger partial charge on any atom is 0.225 e. The number of amides is 1. The van der Waals surface area contributed by atoms with Crippen LogP contribution in [0.1, 0.15) is 33.3 Å². The van der Waals surface area contributed by atoms with Crippen LogP contribution in [0.4, 0.5) is 0 Å². The SMILES string of the molecule is CCNC(=NCCNC(=O)C(C)(C)C)N1CCN(Cc2cc(OC)ccc2OC)CC1.I. The van der Waals surface area contributed by atoms with Gasteiger partial charge in [0.25, 0.3) is 0 Å². The molecule has 0 aromatic heterocycles. The number of guanidine groups is 1. The average molecular weight is 562 g/mol. The molecule has 0 aliphatic carbocycles. The maximum atomic E-state index is 12.0. The number of nitrogens with one attached hydrogen (secondary N) is 2. The van der Waals surface area contributed by atoms with Gasteiger partial charge in [0.1, 0.15) is 11.5 Å². The Balaban J connectivity index is 0.00000512. The van der Waals surface area contributed by atoms with Gasteiger partial charge in [0.2, 0.25) is 5.91 Å². The molecule has 0 atom stereocenters. The minimum absolute atomic E-state index is 0. The van der Waals surface area contributed by atoms with Crippen molar-refractivity contribution in [3.8, 4) is 11.5 Å².